The molecule has 1 rings (SSSR count). The Balaban J connectivity index is 2.70. The topological polar surface area (TPSA) is 12.0 Å². The van der Waals surface area contributed by atoms with Gasteiger partial charge in [0.05, 0.1) is 0 Å². The highest BCUT2D eigenvalue weighted by Gasteiger charge is 2.12. The fraction of sp³-hybridized carbons (Fsp3) is 0.684. The predicted molar refractivity (Wildman–Crippen MR) is 90.5 cm³/mol. The minimum Gasteiger partial charge on any atom is -0.316 e. The lowest BCUT2D eigenvalue weighted by Gasteiger charge is -2.21. The van der Waals surface area contributed by atoms with E-state index < -0.39 is 0 Å². The van der Waals surface area contributed by atoms with E-state index in [2.05, 4.69) is 59.0 Å². The molecule has 0 saturated heterocycles. The van der Waals surface area contributed by atoms with Crippen LogP contribution in [0.3, 0.4) is 0 Å². The van der Waals surface area contributed by atoms with Gasteiger partial charge in [-0.2, -0.15) is 0 Å². The Kier molecular flexibility index (Phi) is 7.29. The van der Waals surface area contributed by atoms with Gasteiger partial charge in [-0.1, -0.05) is 44.9 Å². The van der Waals surface area contributed by atoms with Crippen molar-refractivity contribution in [1.29, 1.82) is 0 Å². The quantitative estimate of drug-likeness (QED) is 0.717. The molecule has 0 spiro atoms. The minimum absolute atomic E-state index is 0.736. The average molecular weight is 275 g/mol. The molecule has 1 aromatic carbocycles. The van der Waals surface area contributed by atoms with Gasteiger partial charge in [0, 0.05) is 0 Å². The van der Waals surface area contributed by atoms with E-state index in [1.165, 1.54) is 36.0 Å². The van der Waals surface area contributed by atoms with Gasteiger partial charge in [0.2, 0.25) is 0 Å². The van der Waals surface area contributed by atoms with Crippen molar-refractivity contribution in [3.05, 3.63) is 34.4 Å². The van der Waals surface area contributed by atoms with Crippen LogP contribution in [0.1, 0.15) is 55.9 Å². The molecule has 1 atom stereocenters. The molecule has 1 unspecified atom stereocenters. The van der Waals surface area contributed by atoms with Crippen LogP contribution in [-0.4, -0.2) is 13.1 Å². The molecule has 0 aliphatic rings. The van der Waals surface area contributed by atoms with E-state index in [1.54, 1.807) is 5.56 Å². The molecular formula is C19H33N. The zero-order valence-corrected chi connectivity index (χ0v) is 14.3. The lowest BCUT2D eigenvalue weighted by molar-refractivity contribution is 0.420. The summed E-state index contributed by atoms with van der Waals surface area (Å²) >= 11 is 0. The Hall–Kier alpha value is -0.820. The summed E-state index contributed by atoms with van der Waals surface area (Å²) in [7, 11) is 0. The SMILES string of the molecule is CCCC(CNCC(C)C)Cc1c(C)cc(C)cc1C. The number of hydrogen-bond donors (Lipinski definition) is 1. The Labute approximate surface area is 126 Å². The average Bonchev–Trinajstić information content (AvgIpc) is 2.33. The molecular weight excluding hydrogens is 242 g/mol. The summed E-state index contributed by atoms with van der Waals surface area (Å²) < 4.78 is 0. The number of rotatable bonds is 8. The monoisotopic (exact) mass is 275 g/mol. The maximum absolute atomic E-state index is 3.64. The Bertz CT molecular complexity index is 383. The van der Waals surface area contributed by atoms with Crippen molar-refractivity contribution in [2.75, 3.05) is 13.1 Å². The molecule has 114 valence electrons. The zero-order chi connectivity index (χ0) is 15.1. The summed E-state index contributed by atoms with van der Waals surface area (Å²) in [4.78, 5) is 0. The number of benzene rings is 1. The molecule has 0 amide bonds. The third kappa shape index (κ3) is 5.66. The predicted octanol–water partition coefficient (Wildman–Crippen LogP) is 4.82. The Morgan fingerprint density at radius 3 is 2.10 bits per heavy atom. The standard InChI is InChI=1S/C19H33N/c1-7-8-18(13-20-12-14(2)3)11-19-16(5)9-15(4)10-17(19)6/h9-10,14,18,20H,7-8,11-13H2,1-6H3. The fourth-order valence-corrected chi connectivity index (χ4v) is 3.08. The summed E-state index contributed by atoms with van der Waals surface area (Å²) in [5.74, 6) is 1.50. The summed E-state index contributed by atoms with van der Waals surface area (Å²) in [5.41, 5.74) is 5.88. The van der Waals surface area contributed by atoms with E-state index in [4.69, 9.17) is 0 Å². The van der Waals surface area contributed by atoms with E-state index in [0.29, 0.717) is 0 Å². The minimum atomic E-state index is 0.736. The van der Waals surface area contributed by atoms with Crippen LogP contribution in [0, 0.1) is 32.6 Å². The van der Waals surface area contributed by atoms with E-state index in [9.17, 15) is 0 Å². The van der Waals surface area contributed by atoms with Crippen molar-refractivity contribution in [2.24, 2.45) is 11.8 Å². The van der Waals surface area contributed by atoms with Crippen LogP contribution >= 0.6 is 0 Å². The zero-order valence-electron chi connectivity index (χ0n) is 14.3. The molecule has 0 saturated carbocycles. The molecule has 0 fully saturated rings. The van der Waals surface area contributed by atoms with Crippen molar-refractivity contribution in [1.82, 2.24) is 5.32 Å². The number of nitrogens with one attached hydrogen (secondary N) is 1. The highest BCUT2D eigenvalue weighted by Crippen LogP contribution is 2.22. The van der Waals surface area contributed by atoms with Gasteiger partial charge in [0.15, 0.2) is 0 Å². The van der Waals surface area contributed by atoms with Gasteiger partial charge in [-0.25, -0.2) is 0 Å². The summed E-state index contributed by atoms with van der Waals surface area (Å²) in [6.45, 7) is 15.8. The van der Waals surface area contributed by atoms with Gasteiger partial charge in [0.1, 0.15) is 0 Å². The molecule has 0 aromatic heterocycles. The molecule has 1 N–H and O–H groups in total. The van der Waals surface area contributed by atoms with Crippen LogP contribution in [0.5, 0.6) is 0 Å². The van der Waals surface area contributed by atoms with Gasteiger partial charge in [-0.15, -0.1) is 0 Å². The first kappa shape index (κ1) is 17.2. The first-order valence-corrected chi connectivity index (χ1v) is 8.21. The highest BCUT2D eigenvalue weighted by atomic mass is 14.9. The lowest BCUT2D eigenvalue weighted by Crippen LogP contribution is -2.27. The van der Waals surface area contributed by atoms with E-state index >= 15 is 0 Å². The van der Waals surface area contributed by atoms with E-state index in [1.807, 2.05) is 0 Å². The molecule has 0 aliphatic heterocycles. The van der Waals surface area contributed by atoms with Crippen LogP contribution in [0.25, 0.3) is 0 Å². The molecule has 0 heterocycles. The molecule has 1 heteroatoms. The van der Waals surface area contributed by atoms with E-state index in [0.717, 1.165) is 24.9 Å². The second-order valence-electron chi connectivity index (χ2n) is 6.79. The smallest absolute Gasteiger partial charge is 0.00172 e. The second kappa shape index (κ2) is 8.46. The Morgan fingerprint density at radius 2 is 1.60 bits per heavy atom. The third-order valence-corrected chi connectivity index (χ3v) is 4.02. The largest absolute Gasteiger partial charge is 0.316 e. The van der Waals surface area contributed by atoms with Gasteiger partial charge in [0.25, 0.3) is 0 Å². The van der Waals surface area contributed by atoms with Crippen LogP contribution in [-0.2, 0) is 6.42 Å². The second-order valence-corrected chi connectivity index (χ2v) is 6.79. The molecule has 1 aromatic rings. The van der Waals surface area contributed by atoms with Crippen molar-refractivity contribution >= 4 is 0 Å². The number of aryl methyl sites for hydroxylation is 3. The van der Waals surface area contributed by atoms with Crippen molar-refractivity contribution in [3.63, 3.8) is 0 Å². The van der Waals surface area contributed by atoms with Gasteiger partial charge in [-0.3, -0.25) is 0 Å². The normalized spacial score (nSPS) is 12.9. The van der Waals surface area contributed by atoms with Gasteiger partial charge in [-0.05, 0) is 75.2 Å². The molecule has 0 radical (unpaired) electrons. The van der Waals surface area contributed by atoms with E-state index in [-0.39, 0.29) is 0 Å². The van der Waals surface area contributed by atoms with Crippen LogP contribution in [0.4, 0.5) is 0 Å². The van der Waals surface area contributed by atoms with Crippen molar-refractivity contribution in [2.45, 2.75) is 60.8 Å². The lowest BCUT2D eigenvalue weighted by atomic mass is 9.89. The molecule has 0 aliphatic carbocycles. The number of hydrogen-bond acceptors (Lipinski definition) is 1. The molecule has 20 heavy (non-hydrogen) atoms. The van der Waals surface area contributed by atoms with Gasteiger partial charge >= 0.3 is 0 Å². The Morgan fingerprint density at radius 1 is 1.00 bits per heavy atom. The molecule has 0 bridgehead atoms. The highest BCUT2D eigenvalue weighted by molar-refractivity contribution is 5.37. The maximum atomic E-state index is 3.64. The van der Waals surface area contributed by atoms with Crippen LogP contribution in [0.2, 0.25) is 0 Å². The summed E-state index contributed by atoms with van der Waals surface area (Å²) in [6.07, 6.45) is 3.81. The third-order valence-electron chi connectivity index (χ3n) is 4.02. The van der Waals surface area contributed by atoms with Crippen LogP contribution < -0.4 is 5.32 Å². The first-order chi connectivity index (χ1) is 9.43. The van der Waals surface area contributed by atoms with Crippen LogP contribution in [0.15, 0.2) is 12.1 Å². The molecule has 1 nitrogen and oxygen atoms in total. The maximum Gasteiger partial charge on any atom is -0.00172 e. The fourth-order valence-electron chi connectivity index (χ4n) is 3.08. The van der Waals surface area contributed by atoms with Gasteiger partial charge < -0.3 is 5.32 Å². The summed E-state index contributed by atoms with van der Waals surface area (Å²) in [6, 6.07) is 4.65. The van der Waals surface area contributed by atoms with Crippen molar-refractivity contribution < 1.29 is 0 Å². The van der Waals surface area contributed by atoms with Crippen molar-refractivity contribution in [3.8, 4) is 0 Å². The summed E-state index contributed by atoms with van der Waals surface area (Å²) in [5, 5.41) is 3.64. The first-order valence-electron chi connectivity index (χ1n) is 8.21.